The van der Waals surface area contributed by atoms with Gasteiger partial charge >= 0.3 is 0 Å². The molecule has 0 saturated carbocycles. The molecule has 0 unspecified atom stereocenters. The number of ketones is 1. The number of carbonyl (C=O) groups is 1. The van der Waals surface area contributed by atoms with Gasteiger partial charge in [-0.3, -0.25) is 9.52 Å². The van der Waals surface area contributed by atoms with Crippen molar-refractivity contribution in [3.05, 3.63) is 29.8 Å². The lowest BCUT2D eigenvalue weighted by molar-refractivity contribution is 0.0994. The highest BCUT2D eigenvalue weighted by atomic mass is 32.2. The molecule has 0 aliphatic rings. The molecule has 7 nitrogen and oxygen atoms in total. The van der Waals surface area contributed by atoms with Crippen LogP contribution in [0.4, 0.5) is 10.8 Å². The maximum absolute atomic E-state index is 12.5. The number of carbonyl (C=O) groups excluding carboxylic acids is 1. The van der Waals surface area contributed by atoms with Crippen molar-refractivity contribution in [1.29, 1.82) is 0 Å². The molecule has 0 amide bonds. The number of Topliss-reactive ketones (excluding diaryl/α,β-unsaturated/α-hetero) is 1. The molecule has 26 heavy (non-hydrogen) atoms. The van der Waals surface area contributed by atoms with E-state index in [1.54, 1.807) is 24.3 Å². The van der Waals surface area contributed by atoms with E-state index in [9.17, 15) is 13.2 Å². The Kier molecular flexibility index (Phi) is 7.42. The van der Waals surface area contributed by atoms with Crippen molar-refractivity contribution in [2.45, 2.75) is 36.3 Å². The summed E-state index contributed by atoms with van der Waals surface area (Å²) in [4.78, 5) is 12.5. The number of hydrogen-bond donors (Lipinski definition) is 2. The maximum atomic E-state index is 12.5. The van der Waals surface area contributed by atoms with Gasteiger partial charge in [0.15, 0.2) is 10.1 Å². The second kappa shape index (κ2) is 9.33. The zero-order valence-electron chi connectivity index (χ0n) is 14.9. The number of benzene rings is 1. The van der Waals surface area contributed by atoms with Crippen LogP contribution in [0.15, 0.2) is 28.6 Å². The Morgan fingerprint density at radius 1 is 1.27 bits per heavy atom. The number of sulfonamides is 1. The zero-order valence-corrected chi connectivity index (χ0v) is 17.3. The molecule has 10 heteroatoms. The quantitative estimate of drug-likeness (QED) is 0.349. The molecule has 0 saturated heterocycles. The smallest absolute Gasteiger partial charge is 0.229 e. The van der Waals surface area contributed by atoms with Crippen LogP contribution in [0.25, 0.3) is 0 Å². The van der Waals surface area contributed by atoms with E-state index in [2.05, 4.69) is 27.2 Å². The molecule has 0 spiro atoms. The van der Waals surface area contributed by atoms with Crippen molar-refractivity contribution in [2.75, 3.05) is 22.8 Å². The third kappa shape index (κ3) is 6.58. The largest absolute Gasteiger partial charge is 0.360 e. The summed E-state index contributed by atoms with van der Waals surface area (Å²) in [5, 5.41) is 11.8. The van der Waals surface area contributed by atoms with Crippen LogP contribution in [0.3, 0.4) is 0 Å². The van der Waals surface area contributed by atoms with Crippen LogP contribution < -0.4 is 10.0 Å². The number of unbranched alkanes of at least 4 members (excludes halogenated alkanes) is 1. The van der Waals surface area contributed by atoms with E-state index in [4.69, 9.17) is 0 Å². The predicted octanol–water partition coefficient (Wildman–Crippen LogP) is 3.49. The summed E-state index contributed by atoms with van der Waals surface area (Å²) < 4.78 is 25.5. The molecular formula is C16H22N4O3S3. The van der Waals surface area contributed by atoms with E-state index in [1.165, 1.54) is 23.1 Å². The molecule has 0 aliphatic heterocycles. The first-order valence-corrected chi connectivity index (χ1v) is 11.7. The summed E-state index contributed by atoms with van der Waals surface area (Å²) in [6.07, 6.45) is 3.26. The van der Waals surface area contributed by atoms with E-state index >= 15 is 0 Å². The van der Waals surface area contributed by atoms with Crippen LogP contribution in [0, 0.1) is 0 Å². The number of thioether (sulfide) groups is 1. The van der Waals surface area contributed by atoms with Gasteiger partial charge in [-0.1, -0.05) is 36.4 Å². The Labute approximate surface area is 162 Å². The zero-order chi connectivity index (χ0) is 19.2. The summed E-state index contributed by atoms with van der Waals surface area (Å²) in [5.41, 5.74) is 0.950. The maximum Gasteiger partial charge on any atom is 0.229 e. The fraction of sp³-hybridized carbons (Fsp3) is 0.438. The van der Waals surface area contributed by atoms with Crippen molar-refractivity contribution in [3.8, 4) is 0 Å². The first-order valence-electron chi connectivity index (χ1n) is 8.14. The Morgan fingerprint density at radius 2 is 1.96 bits per heavy atom. The Morgan fingerprint density at radius 3 is 2.58 bits per heavy atom. The SMILES string of the molecule is CCCCNc1nnc(S[C@@H](C)C(=O)c2ccc(NS(C)(=O)=O)cc2)s1. The molecule has 1 aromatic heterocycles. The van der Waals surface area contributed by atoms with Crippen LogP contribution in [-0.4, -0.2) is 42.4 Å². The number of nitrogens with zero attached hydrogens (tertiary/aromatic N) is 2. The molecule has 2 rings (SSSR count). The minimum Gasteiger partial charge on any atom is -0.360 e. The van der Waals surface area contributed by atoms with Gasteiger partial charge in [0.05, 0.1) is 11.5 Å². The van der Waals surface area contributed by atoms with Crippen LogP contribution in [0.5, 0.6) is 0 Å². The van der Waals surface area contributed by atoms with Crippen LogP contribution >= 0.6 is 23.1 Å². The molecule has 142 valence electrons. The Hall–Kier alpha value is -1.65. The summed E-state index contributed by atoms with van der Waals surface area (Å²) in [6, 6.07) is 6.38. The van der Waals surface area contributed by atoms with Crippen molar-refractivity contribution < 1.29 is 13.2 Å². The van der Waals surface area contributed by atoms with Gasteiger partial charge in [-0.15, -0.1) is 10.2 Å². The van der Waals surface area contributed by atoms with E-state index in [0.717, 1.165) is 35.1 Å². The Bertz CT molecular complexity index is 835. The van der Waals surface area contributed by atoms with Crippen LogP contribution in [0.2, 0.25) is 0 Å². The first kappa shape index (κ1) is 20.7. The second-order valence-corrected chi connectivity index (χ2v) is 10.0. The van der Waals surface area contributed by atoms with Gasteiger partial charge in [0, 0.05) is 17.8 Å². The number of anilines is 2. The molecule has 2 aromatic rings. The standard InChI is InChI=1S/C16H22N4O3S3/c1-4-5-10-17-15-18-19-16(25-15)24-11(2)14(21)12-6-8-13(9-7-12)20-26(3,22)23/h6-9,11,20H,4-5,10H2,1-3H3,(H,17,18)/t11-/m0/s1. The molecule has 1 atom stereocenters. The monoisotopic (exact) mass is 414 g/mol. The number of hydrogen-bond acceptors (Lipinski definition) is 8. The lowest BCUT2D eigenvalue weighted by atomic mass is 10.1. The predicted molar refractivity (Wildman–Crippen MR) is 108 cm³/mol. The number of rotatable bonds is 10. The van der Waals surface area contributed by atoms with Crippen molar-refractivity contribution in [3.63, 3.8) is 0 Å². The lowest BCUT2D eigenvalue weighted by Crippen LogP contribution is -2.14. The average Bonchev–Trinajstić information content (AvgIpc) is 3.01. The van der Waals surface area contributed by atoms with E-state index in [0.29, 0.717) is 11.3 Å². The van der Waals surface area contributed by atoms with Gasteiger partial charge in [-0.2, -0.15) is 0 Å². The number of nitrogens with one attached hydrogen (secondary N) is 2. The molecule has 1 heterocycles. The van der Waals surface area contributed by atoms with Gasteiger partial charge in [0.25, 0.3) is 0 Å². The van der Waals surface area contributed by atoms with Gasteiger partial charge in [-0.25, -0.2) is 8.42 Å². The van der Waals surface area contributed by atoms with Gasteiger partial charge in [0.1, 0.15) is 0 Å². The van der Waals surface area contributed by atoms with Crippen molar-refractivity contribution in [2.24, 2.45) is 0 Å². The summed E-state index contributed by atoms with van der Waals surface area (Å²) in [6.45, 7) is 4.81. The van der Waals surface area contributed by atoms with Crippen LogP contribution in [0.1, 0.15) is 37.0 Å². The normalized spacial score (nSPS) is 12.6. The van der Waals surface area contributed by atoms with Crippen molar-refractivity contribution in [1.82, 2.24) is 10.2 Å². The molecule has 1 aromatic carbocycles. The lowest BCUT2D eigenvalue weighted by Gasteiger charge is -2.09. The van der Waals surface area contributed by atoms with Crippen molar-refractivity contribution >= 4 is 49.7 Å². The van der Waals surface area contributed by atoms with E-state index < -0.39 is 10.0 Å². The third-order valence-electron chi connectivity index (χ3n) is 3.33. The fourth-order valence-electron chi connectivity index (χ4n) is 2.06. The minimum atomic E-state index is -3.33. The summed E-state index contributed by atoms with van der Waals surface area (Å²) in [7, 11) is -3.33. The highest BCUT2D eigenvalue weighted by Gasteiger charge is 2.19. The second-order valence-electron chi connectivity index (χ2n) is 5.73. The third-order valence-corrected chi connectivity index (χ3v) is 6.00. The molecule has 0 bridgehead atoms. The molecular weight excluding hydrogens is 392 g/mol. The Balaban J connectivity index is 1.94. The van der Waals surface area contributed by atoms with E-state index in [1.807, 2.05) is 6.92 Å². The topological polar surface area (TPSA) is 101 Å². The van der Waals surface area contributed by atoms with E-state index in [-0.39, 0.29) is 11.0 Å². The molecule has 0 aliphatic carbocycles. The summed E-state index contributed by atoms with van der Waals surface area (Å²) >= 11 is 2.80. The molecule has 0 fully saturated rings. The molecule has 0 radical (unpaired) electrons. The average molecular weight is 415 g/mol. The number of aromatic nitrogens is 2. The summed E-state index contributed by atoms with van der Waals surface area (Å²) in [5.74, 6) is -0.0448. The highest BCUT2D eigenvalue weighted by molar-refractivity contribution is 8.02. The first-order chi connectivity index (χ1) is 12.3. The minimum absolute atomic E-state index is 0.0448. The van der Waals surface area contributed by atoms with Crippen LogP contribution in [-0.2, 0) is 10.0 Å². The highest BCUT2D eigenvalue weighted by Crippen LogP contribution is 2.30. The van der Waals surface area contributed by atoms with Gasteiger partial charge in [0.2, 0.25) is 15.2 Å². The fourth-order valence-corrected chi connectivity index (χ4v) is 4.62. The van der Waals surface area contributed by atoms with Gasteiger partial charge < -0.3 is 5.32 Å². The molecule has 2 N–H and O–H groups in total. The van der Waals surface area contributed by atoms with Gasteiger partial charge in [-0.05, 0) is 37.6 Å².